The van der Waals surface area contributed by atoms with Crippen molar-refractivity contribution >= 4 is 23.7 Å². The Balaban J connectivity index is 0.000000325. The van der Waals surface area contributed by atoms with Gasteiger partial charge < -0.3 is 10.1 Å². The van der Waals surface area contributed by atoms with Crippen molar-refractivity contribution in [2.45, 2.75) is 25.7 Å². The van der Waals surface area contributed by atoms with Crippen molar-refractivity contribution in [3.8, 4) is 0 Å². The second-order valence-corrected chi connectivity index (χ2v) is 5.34. The van der Waals surface area contributed by atoms with Crippen molar-refractivity contribution < 1.29 is 4.79 Å². The number of hydrogen-bond donors (Lipinski definition) is 1. The lowest BCUT2D eigenvalue weighted by Gasteiger charge is -2.03. The third-order valence-corrected chi connectivity index (χ3v) is 2.48. The molecule has 0 aliphatic heterocycles. The molecule has 0 unspecified atom stereocenters. The topological polar surface area (TPSA) is 29.1 Å². The molecule has 0 aromatic heterocycles. The van der Waals surface area contributed by atoms with Crippen molar-refractivity contribution in [1.29, 1.82) is 0 Å². The molecule has 0 fully saturated rings. The van der Waals surface area contributed by atoms with Crippen LogP contribution in [0.15, 0.2) is 29.2 Å². The number of rotatable bonds is 2. The minimum absolute atomic E-state index is 0.139. The molecule has 0 heterocycles. The van der Waals surface area contributed by atoms with E-state index < -0.39 is 0 Å². The predicted octanol–water partition coefficient (Wildman–Crippen LogP) is 3.68. The molecule has 3 heteroatoms. The van der Waals surface area contributed by atoms with E-state index in [-0.39, 0.29) is 5.41 Å². The van der Waals surface area contributed by atoms with Crippen molar-refractivity contribution in [2.75, 3.05) is 18.6 Å². The Kier molecular flexibility index (Phi) is 6.90. The van der Waals surface area contributed by atoms with Gasteiger partial charge in [-0.25, -0.2) is 0 Å². The van der Waals surface area contributed by atoms with Crippen molar-refractivity contribution in [3.05, 3.63) is 24.3 Å². The predicted molar refractivity (Wildman–Crippen MR) is 73.3 cm³/mol. The van der Waals surface area contributed by atoms with E-state index in [0.717, 1.165) is 12.0 Å². The standard InChI is InChI=1S/C8H11NS.C5H10O/c1-9-7-3-5-8(10-2)6-4-7;1-5(2,3)4-6/h3-6,9H,1-2H3;4H,1-3H3. The van der Waals surface area contributed by atoms with Crippen LogP contribution in [0.1, 0.15) is 20.8 Å². The largest absolute Gasteiger partial charge is 0.388 e. The molecule has 0 aliphatic carbocycles. The fraction of sp³-hybridized carbons (Fsp3) is 0.462. The maximum Gasteiger partial charge on any atom is 0.125 e. The second kappa shape index (κ2) is 7.34. The molecule has 2 nitrogen and oxygen atoms in total. The summed E-state index contributed by atoms with van der Waals surface area (Å²) < 4.78 is 0. The Morgan fingerprint density at radius 2 is 1.62 bits per heavy atom. The molecular formula is C13H21NOS. The molecule has 0 bridgehead atoms. The molecule has 1 rings (SSSR count). The zero-order valence-corrected chi connectivity index (χ0v) is 11.5. The summed E-state index contributed by atoms with van der Waals surface area (Å²) in [7, 11) is 1.92. The van der Waals surface area contributed by atoms with Crippen molar-refractivity contribution in [3.63, 3.8) is 0 Å². The molecule has 0 saturated carbocycles. The molecule has 90 valence electrons. The molecular weight excluding hydrogens is 218 g/mol. The first-order valence-electron chi connectivity index (χ1n) is 5.21. The van der Waals surface area contributed by atoms with Crippen LogP contribution < -0.4 is 5.32 Å². The first-order chi connectivity index (χ1) is 7.42. The average molecular weight is 239 g/mol. The summed E-state index contributed by atoms with van der Waals surface area (Å²) in [5, 5.41) is 3.07. The van der Waals surface area contributed by atoms with Gasteiger partial charge in [-0.05, 0) is 30.5 Å². The zero-order valence-electron chi connectivity index (χ0n) is 10.7. The fourth-order valence-electron chi connectivity index (χ4n) is 0.758. The first-order valence-corrected chi connectivity index (χ1v) is 6.43. The number of nitrogens with one attached hydrogen (secondary N) is 1. The summed E-state index contributed by atoms with van der Waals surface area (Å²) in [5.41, 5.74) is 1.03. The van der Waals surface area contributed by atoms with Crippen molar-refractivity contribution in [2.24, 2.45) is 5.41 Å². The molecule has 0 radical (unpaired) electrons. The average Bonchev–Trinajstić information content (AvgIpc) is 2.29. The van der Waals surface area contributed by atoms with Gasteiger partial charge in [-0.1, -0.05) is 20.8 Å². The molecule has 0 aliphatic rings. The van der Waals surface area contributed by atoms with Crippen LogP contribution in [0, 0.1) is 5.41 Å². The highest BCUT2D eigenvalue weighted by Crippen LogP contribution is 2.16. The molecule has 1 aromatic carbocycles. The lowest BCUT2D eigenvalue weighted by Crippen LogP contribution is -2.04. The van der Waals surface area contributed by atoms with Gasteiger partial charge in [0.1, 0.15) is 6.29 Å². The number of anilines is 1. The highest BCUT2D eigenvalue weighted by Gasteiger charge is 2.04. The number of aldehydes is 1. The van der Waals surface area contributed by atoms with E-state index in [0.29, 0.717) is 0 Å². The van der Waals surface area contributed by atoms with Crippen LogP contribution >= 0.6 is 11.8 Å². The van der Waals surface area contributed by atoms with Gasteiger partial charge in [-0.2, -0.15) is 0 Å². The second-order valence-electron chi connectivity index (χ2n) is 4.46. The van der Waals surface area contributed by atoms with Crippen LogP contribution in [0.25, 0.3) is 0 Å². The van der Waals surface area contributed by atoms with Crippen LogP contribution in [-0.4, -0.2) is 19.6 Å². The number of benzene rings is 1. The van der Waals surface area contributed by atoms with E-state index in [9.17, 15) is 4.79 Å². The lowest BCUT2D eigenvalue weighted by molar-refractivity contribution is -0.113. The first kappa shape index (κ1) is 15.0. The van der Waals surface area contributed by atoms with Gasteiger partial charge in [0, 0.05) is 23.0 Å². The van der Waals surface area contributed by atoms with E-state index in [1.165, 1.54) is 4.90 Å². The normalized spacial score (nSPS) is 10.1. The molecule has 1 aromatic rings. The summed E-state index contributed by atoms with van der Waals surface area (Å²) in [4.78, 5) is 11.1. The van der Waals surface area contributed by atoms with E-state index in [4.69, 9.17) is 0 Å². The third kappa shape index (κ3) is 7.35. The molecule has 16 heavy (non-hydrogen) atoms. The highest BCUT2D eigenvalue weighted by molar-refractivity contribution is 7.98. The van der Waals surface area contributed by atoms with Crippen LogP contribution in [-0.2, 0) is 4.79 Å². The monoisotopic (exact) mass is 239 g/mol. The smallest absolute Gasteiger partial charge is 0.125 e. The zero-order chi connectivity index (χ0) is 12.6. The summed E-state index contributed by atoms with van der Waals surface area (Å²) in [6, 6.07) is 8.37. The number of carbonyl (C=O) groups is 1. The minimum Gasteiger partial charge on any atom is -0.388 e. The van der Waals surface area contributed by atoms with Gasteiger partial charge >= 0.3 is 0 Å². The van der Waals surface area contributed by atoms with Crippen LogP contribution in [0.3, 0.4) is 0 Å². The Morgan fingerprint density at radius 3 is 1.88 bits per heavy atom. The number of hydrogen-bond acceptors (Lipinski definition) is 3. The van der Waals surface area contributed by atoms with E-state index >= 15 is 0 Å². The Bertz CT molecular complexity index is 278. The molecule has 0 amide bonds. The van der Waals surface area contributed by atoms with Gasteiger partial charge in [-0.3, -0.25) is 0 Å². The molecule has 1 N–H and O–H groups in total. The van der Waals surface area contributed by atoms with Crippen LogP contribution in [0.5, 0.6) is 0 Å². The maximum absolute atomic E-state index is 9.83. The van der Waals surface area contributed by atoms with E-state index in [1.807, 2.05) is 27.8 Å². The SMILES string of the molecule is CC(C)(C)C=O.CNc1ccc(SC)cc1. The van der Waals surface area contributed by atoms with Gasteiger partial charge in [0.2, 0.25) is 0 Å². The lowest BCUT2D eigenvalue weighted by atomic mass is 10.0. The Hall–Kier alpha value is -0.960. The van der Waals surface area contributed by atoms with Crippen LogP contribution in [0.2, 0.25) is 0 Å². The summed E-state index contributed by atoms with van der Waals surface area (Å²) in [6.45, 7) is 5.62. The highest BCUT2D eigenvalue weighted by atomic mass is 32.2. The molecule has 0 saturated heterocycles. The third-order valence-electron chi connectivity index (χ3n) is 1.73. The van der Waals surface area contributed by atoms with Gasteiger partial charge in [0.05, 0.1) is 0 Å². The quantitative estimate of drug-likeness (QED) is 0.630. The van der Waals surface area contributed by atoms with Gasteiger partial charge in [0.25, 0.3) is 0 Å². The molecule has 0 atom stereocenters. The van der Waals surface area contributed by atoms with Crippen molar-refractivity contribution in [1.82, 2.24) is 0 Å². The Labute approximate surface area is 103 Å². The van der Waals surface area contributed by atoms with Crippen LogP contribution in [0.4, 0.5) is 5.69 Å². The summed E-state index contributed by atoms with van der Waals surface area (Å²) in [6.07, 6.45) is 3.02. The number of thioether (sulfide) groups is 1. The minimum atomic E-state index is -0.139. The fourth-order valence-corrected chi connectivity index (χ4v) is 1.17. The maximum atomic E-state index is 9.83. The van der Waals surface area contributed by atoms with E-state index in [1.54, 1.807) is 11.8 Å². The van der Waals surface area contributed by atoms with Gasteiger partial charge in [-0.15, -0.1) is 11.8 Å². The Morgan fingerprint density at radius 1 is 1.19 bits per heavy atom. The summed E-state index contributed by atoms with van der Waals surface area (Å²) in [5.74, 6) is 0. The number of carbonyl (C=O) groups excluding carboxylic acids is 1. The van der Waals surface area contributed by atoms with Gasteiger partial charge in [0.15, 0.2) is 0 Å². The van der Waals surface area contributed by atoms with E-state index in [2.05, 4.69) is 35.8 Å². The summed E-state index contributed by atoms with van der Waals surface area (Å²) >= 11 is 1.76. The molecule has 0 spiro atoms.